The number of nitrogens with zero attached hydrogens (tertiary/aromatic N) is 3. The number of fused-ring (bicyclic) bond motifs is 1. The highest BCUT2D eigenvalue weighted by Gasteiger charge is 2.35. The van der Waals surface area contributed by atoms with E-state index < -0.39 is 23.1 Å². The molecule has 2 heterocycles. The van der Waals surface area contributed by atoms with Crippen LogP contribution < -0.4 is 11.2 Å². The number of thioether (sulfide) groups is 1. The molecular formula is C16H14F3N3O3S2. The predicted molar refractivity (Wildman–Crippen MR) is 98.7 cm³/mol. The van der Waals surface area contributed by atoms with E-state index in [4.69, 9.17) is 4.74 Å². The molecule has 3 aromatic rings. The fourth-order valence-corrected chi connectivity index (χ4v) is 4.15. The topological polar surface area (TPSA) is 66.1 Å². The van der Waals surface area contributed by atoms with Crippen LogP contribution in [-0.4, -0.2) is 26.9 Å². The lowest BCUT2D eigenvalue weighted by Gasteiger charge is -2.14. The Morgan fingerprint density at radius 2 is 1.96 bits per heavy atom. The van der Waals surface area contributed by atoms with Crippen molar-refractivity contribution >= 4 is 33.4 Å². The molecule has 11 heteroatoms. The normalized spacial score (nSPS) is 13.3. The average molecular weight is 417 g/mol. The number of benzene rings is 1. The summed E-state index contributed by atoms with van der Waals surface area (Å²) in [6.07, 6.45) is -2.95. The van der Waals surface area contributed by atoms with E-state index in [0.717, 1.165) is 11.7 Å². The van der Waals surface area contributed by atoms with Crippen molar-refractivity contribution in [3.63, 3.8) is 0 Å². The third-order valence-electron chi connectivity index (χ3n) is 4.00. The summed E-state index contributed by atoms with van der Waals surface area (Å²) in [6, 6.07) is 5.15. The summed E-state index contributed by atoms with van der Waals surface area (Å²) in [5, 5.41) is 0.674. The Balaban J connectivity index is 2.25. The maximum atomic E-state index is 13.0. The van der Waals surface area contributed by atoms with Gasteiger partial charge >= 0.3 is 11.9 Å². The van der Waals surface area contributed by atoms with Crippen molar-refractivity contribution in [2.75, 3.05) is 13.4 Å². The van der Waals surface area contributed by atoms with Gasteiger partial charge in [0.2, 0.25) is 0 Å². The minimum atomic E-state index is -4.80. The highest BCUT2D eigenvalue weighted by atomic mass is 32.2. The lowest BCUT2D eigenvalue weighted by Crippen LogP contribution is -2.40. The van der Waals surface area contributed by atoms with Gasteiger partial charge in [-0.05, 0) is 36.0 Å². The van der Waals surface area contributed by atoms with Crippen LogP contribution in [0.1, 0.15) is 16.8 Å². The van der Waals surface area contributed by atoms with Crippen LogP contribution in [-0.2, 0) is 18.0 Å². The number of hydrogen-bond donors (Lipinski definition) is 0. The molecule has 0 bridgehead atoms. The molecule has 1 aromatic carbocycles. The van der Waals surface area contributed by atoms with E-state index in [1.54, 1.807) is 12.1 Å². The predicted octanol–water partition coefficient (Wildman–Crippen LogP) is 3.17. The Morgan fingerprint density at radius 3 is 2.56 bits per heavy atom. The van der Waals surface area contributed by atoms with Crippen molar-refractivity contribution in [3.05, 3.63) is 56.5 Å². The molecular weight excluding hydrogens is 403 g/mol. The molecule has 1 unspecified atom stereocenters. The maximum absolute atomic E-state index is 13.0. The van der Waals surface area contributed by atoms with E-state index in [-0.39, 0.29) is 11.1 Å². The first kappa shape index (κ1) is 19.6. The summed E-state index contributed by atoms with van der Waals surface area (Å²) in [5.74, 6) is 0. The average Bonchev–Trinajstić information content (AvgIpc) is 3.02. The van der Waals surface area contributed by atoms with Crippen LogP contribution in [0.5, 0.6) is 0 Å². The minimum Gasteiger partial charge on any atom is -0.364 e. The highest BCUT2D eigenvalue weighted by Crippen LogP contribution is 2.35. The number of halogens is 3. The van der Waals surface area contributed by atoms with E-state index in [1.165, 1.54) is 36.5 Å². The van der Waals surface area contributed by atoms with Crippen LogP contribution >= 0.6 is 23.3 Å². The van der Waals surface area contributed by atoms with Crippen molar-refractivity contribution in [3.8, 4) is 5.69 Å². The van der Waals surface area contributed by atoms with Crippen LogP contribution in [0.4, 0.5) is 13.2 Å². The number of alkyl halides is 3. The van der Waals surface area contributed by atoms with Gasteiger partial charge in [0, 0.05) is 25.6 Å². The lowest BCUT2D eigenvalue weighted by molar-refractivity contribution is -0.144. The van der Waals surface area contributed by atoms with Crippen LogP contribution in [0.25, 0.3) is 15.8 Å². The number of rotatable bonds is 4. The third-order valence-corrected chi connectivity index (χ3v) is 5.69. The first-order chi connectivity index (χ1) is 12.7. The maximum Gasteiger partial charge on any atom is 0.431 e. The monoisotopic (exact) mass is 417 g/mol. The van der Waals surface area contributed by atoms with Gasteiger partial charge < -0.3 is 4.74 Å². The molecule has 6 nitrogen and oxygen atoms in total. The molecule has 0 saturated carbocycles. The number of aromatic nitrogens is 3. The van der Waals surface area contributed by atoms with Gasteiger partial charge in [-0.3, -0.25) is 9.36 Å². The largest absolute Gasteiger partial charge is 0.431 e. The molecule has 0 N–H and O–H groups in total. The van der Waals surface area contributed by atoms with Crippen molar-refractivity contribution in [2.24, 2.45) is 7.05 Å². The zero-order valence-corrected chi connectivity index (χ0v) is 16.0. The summed E-state index contributed by atoms with van der Waals surface area (Å²) in [6.45, 7) is 0. The number of methoxy groups -OCH3 is 1. The molecule has 1 atom stereocenters. The Kier molecular flexibility index (Phi) is 5.19. The van der Waals surface area contributed by atoms with Gasteiger partial charge in [0.15, 0.2) is 0 Å². The second-order valence-corrected chi connectivity index (χ2v) is 7.30. The second-order valence-electron chi connectivity index (χ2n) is 5.59. The van der Waals surface area contributed by atoms with Crippen molar-refractivity contribution in [2.45, 2.75) is 11.6 Å². The molecule has 0 spiro atoms. The SMILES string of the molecule is COC(SC)c1nsc2ccc(-n3c(=O)cc(C(F)(F)F)n(C)c3=O)cc12. The van der Waals surface area contributed by atoms with Crippen molar-refractivity contribution in [1.82, 2.24) is 13.5 Å². The molecule has 0 aliphatic carbocycles. The molecule has 0 fully saturated rings. The van der Waals surface area contributed by atoms with E-state index in [2.05, 4.69) is 4.37 Å². The minimum absolute atomic E-state index is 0.166. The quantitative estimate of drug-likeness (QED) is 0.610. The van der Waals surface area contributed by atoms with E-state index in [9.17, 15) is 22.8 Å². The zero-order valence-electron chi connectivity index (χ0n) is 14.4. The molecule has 0 radical (unpaired) electrons. The molecule has 27 heavy (non-hydrogen) atoms. The fourth-order valence-electron chi connectivity index (χ4n) is 2.71. The van der Waals surface area contributed by atoms with Crippen LogP contribution in [0, 0.1) is 0 Å². The smallest absolute Gasteiger partial charge is 0.364 e. The van der Waals surface area contributed by atoms with Gasteiger partial charge in [0.25, 0.3) is 5.56 Å². The Hall–Kier alpha value is -2.11. The molecule has 0 aliphatic rings. The summed E-state index contributed by atoms with van der Waals surface area (Å²) in [7, 11) is 2.51. The van der Waals surface area contributed by atoms with Crippen LogP contribution in [0.15, 0.2) is 33.9 Å². The Morgan fingerprint density at radius 1 is 1.26 bits per heavy atom. The zero-order chi connectivity index (χ0) is 19.9. The first-order valence-corrected chi connectivity index (χ1v) is 9.60. The Bertz CT molecular complexity index is 1110. The molecule has 144 valence electrons. The molecule has 3 rings (SSSR count). The fraction of sp³-hybridized carbons (Fsp3) is 0.312. The lowest BCUT2D eigenvalue weighted by atomic mass is 10.2. The van der Waals surface area contributed by atoms with Crippen LogP contribution in [0.3, 0.4) is 0 Å². The van der Waals surface area contributed by atoms with Gasteiger partial charge in [0.05, 0.1) is 10.4 Å². The highest BCUT2D eigenvalue weighted by molar-refractivity contribution is 7.98. The number of hydrogen-bond acceptors (Lipinski definition) is 6. The van der Waals surface area contributed by atoms with Crippen molar-refractivity contribution in [1.29, 1.82) is 0 Å². The third kappa shape index (κ3) is 3.42. The first-order valence-electron chi connectivity index (χ1n) is 7.54. The summed E-state index contributed by atoms with van der Waals surface area (Å²) >= 11 is 2.65. The van der Waals surface area contributed by atoms with Gasteiger partial charge in [-0.2, -0.15) is 17.5 Å². The summed E-state index contributed by atoms with van der Waals surface area (Å²) < 4.78 is 50.6. The van der Waals surface area contributed by atoms with E-state index in [0.29, 0.717) is 26.3 Å². The van der Waals surface area contributed by atoms with E-state index >= 15 is 0 Å². The molecule has 0 amide bonds. The summed E-state index contributed by atoms with van der Waals surface area (Å²) in [4.78, 5) is 24.7. The van der Waals surface area contributed by atoms with E-state index in [1.807, 2.05) is 6.26 Å². The standard InChI is InChI=1S/C16H14F3N3O3S2/c1-21-11(16(17,18)19)7-12(23)22(15(21)24)8-4-5-10-9(6-8)13(20-27-10)14(25-2)26-3/h4-7,14H,1-3H3. The molecule has 0 saturated heterocycles. The van der Waals surface area contributed by atoms with Gasteiger partial charge in [-0.1, -0.05) is 0 Å². The number of ether oxygens (including phenoxy) is 1. The summed E-state index contributed by atoms with van der Waals surface area (Å²) in [5.41, 5.74) is -2.98. The van der Waals surface area contributed by atoms with Crippen LogP contribution in [0.2, 0.25) is 0 Å². The molecule has 0 aliphatic heterocycles. The van der Waals surface area contributed by atoms with Gasteiger partial charge in [-0.15, -0.1) is 11.8 Å². The van der Waals surface area contributed by atoms with Gasteiger partial charge in [-0.25, -0.2) is 9.36 Å². The van der Waals surface area contributed by atoms with Crippen molar-refractivity contribution < 1.29 is 17.9 Å². The Labute approximate surface area is 159 Å². The molecule has 2 aromatic heterocycles. The van der Waals surface area contributed by atoms with Gasteiger partial charge in [0.1, 0.15) is 16.8 Å². The second kappa shape index (κ2) is 7.13.